The summed E-state index contributed by atoms with van der Waals surface area (Å²) in [6.07, 6.45) is 17.6. The predicted molar refractivity (Wildman–Crippen MR) is 620 cm³/mol. The number of rotatable bonds is 24. The number of nitrogens with zero attached hydrogens (tertiary/aromatic N) is 3. The van der Waals surface area contributed by atoms with Gasteiger partial charge in [0.1, 0.15) is 11.5 Å². The Labute approximate surface area is 927 Å². The second-order valence-electron chi connectivity index (χ2n) is 42.1. The monoisotopic (exact) mass is 2680 g/mol. The number of furan rings is 1. The van der Waals surface area contributed by atoms with Crippen molar-refractivity contribution in [2.75, 3.05) is 0 Å². The molecule has 769 valence electrons. The SMILES string of the molecule is CC(C(=O)C1CCCCC1)=C(O)C1CCCCC1.CC(C)c1cc[c-]c(-c2cc(-c3ccccc3)c3c[c]([Ge]([CH3])([CH3])[CH3])ccc3n2)c1.CCC(CC)C(=O)C=C(O)C(CC)CC.Cc1cc(-c2cc(-c3ccccc3)c3c[c]([Ge]([CH3])([CH3])[CH3])ccc3n2)[c-]cc1-c1ccccc1.O=C(C=C(O)c1ccccc1)c1ccccc1.[CH3][Ge]([CH3])([CH3])[c]1ccc2nc(-c3[c-]ccc4c3oc3ccccc34)cc(-c3ccccc3)c2c1.[Ir].[Ir].[Ir]. The normalized spacial score (nSPS) is 13.2. The number of benzene rings is 13. The largest absolute Gasteiger partial charge is 0 e. The molecule has 4 heterocycles. The van der Waals surface area contributed by atoms with Crippen LogP contribution in [0.5, 0.6) is 0 Å². The molecule has 4 aromatic heterocycles. The number of allylic oxidation sites excluding steroid dienone is 5. The molecule has 19 rings (SSSR count). The Hall–Kier alpha value is -10.9. The zero-order valence-corrected chi connectivity index (χ0v) is 102. The van der Waals surface area contributed by atoms with Crippen molar-refractivity contribution in [2.24, 2.45) is 23.7 Å². The maximum Gasteiger partial charge on any atom is 0 e. The number of aromatic nitrogens is 3. The average Bonchev–Trinajstić information content (AvgIpc) is 1.52. The number of ketones is 3. The standard InChI is InChI=1S/C31H28GeN.C30H24GeNO.C27H28GeN.C16H26O2.C15H12O2.C13H24O2.3Ir/c1-22-19-25(15-17-27(22)23-11-7-5-8-12-23)31-21-28(24-13-9-6-10-14-24)29-20-26(32(2,3)4)16-18-30(29)33-31;1-31(2,3)21-16-17-27-26(18-21)25(20-10-5-4-6-11-20)19-28(32-27)24-14-9-13-23-22-12-7-8-15-29(22)33-30(23)24;1-19(2)21-12-9-13-22(16-21)27-18-24(20-10-7-6-8-11-20)25-17-23(28(3,4)5)14-15-26(25)29-27;1-12(15(17)13-8-4-2-5-9-13)16(18)14-10-6-3-7-11-14;16-14(12-7-3-1-4-8-12)11-15(17)13-9-5-2-6-10-13;1-5-10(6-2)12(14)9-13(15)11(7-3)8-4;;;/h5-14,16-21H,1-4H3;4-13,15-19H,1-3H3;6-12,14-19H,1-5H3;13-14,17H,2-11H2,1H3;1-11,16H;9-11,14H,5-8H2,1-4H3;;;/q3*-1;;;;;;. The Bertz CT molecular complexity index is 7400. The van der Waals surface area contributed by atoms with E-state index in [1.807, 2.05) is 89.2 Å². The first-order valence-corrected chi connectivity index (χ1v) is 74.2. The smallest absolute Gasteiger partial charge is 0 e. The molecule has 16 heteroatoms. The van der Waals surface area contributed by atoms with Gasteiger partial charge in [0, 0.05) is 113 Å². The molecule has 13 aromatic carbocycles. The van der Waals surface area contributed by atoms with E-state index >= 15 is 0 Å². The van der Waals surface area contributed by atoms with Gasteiger partial charge in [-0.15, -0.1) is 0 Å². The summed E-state index contributed by atoms with van der Waals surface area (Å²) in [7, 11) is 0. The molecule has 148 heavy (non-hydrogen) atoms. The van der Waals surface area contributed by atoms with Gasteiger partial charge in [-0.1, -0.05) is 145 Å². The number of hydrogen-bond donors (Lipinski definition) is 3. The fraction of sp³-hybridized carbons (Fsp3) is 0.273. The molecule has 0 atom stereocenters. The molecule has 0 spiro atoms. The Morgan fingerprint density at radius 1 is 0.399 bits per heavy atom. The number of Topliss-reactive ketones (excluding diaryl/α,β-unsaturated/α-hetero) is 1. The number of aryl methyl sites for hydroxylation is 1. The fourth-order valence-electron chi connectivity index (χ4n) is 19.4. The first kappa shape index (κ1) is 117. The third-order valence-electron chi connectivity index (χ3n) is 28.4. The van der Waals surface area contributed by atoms with Crippen LogP contribution >= 0.6 is 0 Å². The topological polar surface area (TPSA) is 164 Å². The minimum atomic E-state index is -1.99. The first-order valence-electron chi connectivity index (χ1n) is 52.2. The van der Waals surface area contributed by atoms with Crippen molar-refractivity contribution in [2.45, 2.75) is 203 Å². The van der Waals surface area contributed by atoms with Crippen LogP contribution in [0, 0.1) is 48.8 Å². The molecular weight excluding hydrogens is 2530 g/mol. The van der Waals surface area contributed by atoms with Gasteiger partial charge in [-0.05, 0) is 58.3 Å². The third-order valence-corrected chi connectivity index (χ3v) is 41.2. The van der Waals surface area contributed by atoms with Crippen LogP contribution in [0.1, 0.15) is 171 Å². The molecular formula is C132H142Ge3Ir3N3O7-3. The van der Waals surface area contributed by atoms with Crippen LogP contribution in [0.25, 0.3) is 139 Å². The maximum atomic E-state index is 12.4. The van der Waals surface area contributed by atoms with Crippen molar-refractivity contribution in [3.05, 3.63) is 391 Å². The van der Waals surface area contributed by atoms with Gasteiger partial charge >= 0.3 is 556 Å². The minimum absolute atomic E-state index is 0. The van der Waals surface area contributed by atoms with E-state index in [2.05, 4.69) is 321 Å². The number of carbonyl (C=O) groups excluding carboxylic acids is 3. The summed E-state index contributed by atoms with van der Waals surface area (Å²) < 4.78 is 10.8. The molecule has 3 N–H and O–H groups in total. The number of carbonyl (C=O) groups is 3. The van der Waals surface area contributed by atoms with E-state index in [1.165, 1.54) is 136 Å². The summed E-state index contributed by atoms with van der Waals surface area (Å²) in [5.41, 5.74) is 24.9. The summed E-state index contributed by atoms with van der Waals surface area (Å²) in [5.74, 6) is 23.8. The zero-order chi connectivity index (χ0) is 103. The van der Waals surface area contributed by atoms with Gasteiger partial charge in [-0.25, -0.2) is 0 Å². The molecule has 2 saturated carbocycles. The van der Waals surface area contributed by atoms with Crippen molar-refractivity contribution in [3.8, 4) is 78.3 Å². The molecule has 0 aliphatic heterocycles. The summed E-state index contributed by atoms with van der Waals surface area (Å²) in [4.78, 5) is 51.1. The fourth-order valence-corrected chi connectivity index (χ4v) is 26.7. The summed E-state index contributed by atoms with van der Waals surface area (Å²) >= 11 is -5.88. The van der Waals surface area contributed by atoms with E-state index < -0.39 is 39.8 Å². The van der Waals surface area contributed by atoms with Crippen molar-refractivity contribution in [1.29, 1.82) is 0 Å². The molecule has 17 aromatic rings. The molecule has 0 unspecified atom stereocenters. The molecule has 2 fully saturated rings. The van der Waals surface area contributed by atoms with Crippen molar-refractivity contribution >= 4 is 131 Å². The average molecular weight is 2680 g/mol. The molecule has 3 radical (unpaired) electrons. The molecule has 2 aliphatic carbocycles. The van der Waals surface area contributed by atoms with Crippen LogP contribution in [0.3, 0.4) is 0 Å². The van der Waals surface area contributed by atoms with Crippen LogP contribution < -0.4 is 13.2 Å². The summed E-state index contributed by atoms with van der Waals surface area (Å²) in [6.45, 7) is 16.5. The Morgan fingerprint density at radius 3 is 1.22 bits per heavy atom. The summed E-state index contributed by atoms with van der Waals surface area (Å²) in [5, 5.41) is 35.8. The number of aliphatic hydroxyl groups is 3. The van der Waals surface area contributed by atoms with Crippen LogP contribution in [-0.4, -0.2) is 87.4 Å². The Morgan fingerprint density at radius 2 is 0.791 bits per heavy atom. The second kappa shape index (κ2) is 55.2. The van der Waals surface area contributed by atoms with Crippen LogP contribution in [-0.2, 0) is 69.9 Å². The van der Waals surface area contributed by atoms with Gasteiger partial charge in [0.25, 0.3) is 0 Å². The van der Waals surface area contributed by atoms with Gasteiger partial charge < -0.3 is 15.3 Å². The van der Waals surface area contributed by atoms with E-state index in [9.17, 15) is 29.7 Å². The molecule has 0 saturated heterocycles. The number of aliphatic hydroxyl groups excluding tert-OH is 3. The van der Waals surface area contributed by atoms with Gasteiger partial charge in [0.2, 0.25) is 0 Å². The number of fused-ring (bicyclic) bond motifs is 6. The van der Waals surface area contributed by atoms with Crippen LogP contribution in [0.2, 0.25) is 51.8 Å². The van der Waals surface area contributed by atoms with Gasteiger partial charge in [-0.2, -0.15) is 0 Å². The van der Waals surface area contributed by atoms with E-state index in [-0.39, 0.29) is 113 Å². The number of para-hydroxylation sites is 1. The zero-order valence-electron chi connectivity index (χ0n) is 88.9. The van der Waals surface area contributed by atoms with E-state index in [0.29, 0.717) is 28.4 Å². The predicted octanol–water partition coefficient (Wildman–Crippen LogP) is 34.6. The van der Waals surface area contributed by atoms with E-state index in [0.717, 1.165) is 124 Å². The van der Waals surface area contributed by atoms with Crippen LogP contribution in [0.4, 0.5) is 0 Å². The molecule has 2 aliphatic rings. The van der Waals surface area contributed by atoms with E-state index in [1.54, 1.807) is 36.4 Å². The Balaban J connectivity index is 0.000000172. The van der Waals surface area contributed by atoms with Crippen molar-refractivity contribution in [1.82, 2.24) is 15.0 Å². The molecule has 0 amide bonds. The molecule has 10 nitrogen and oxygen atoms in total. The summed E-state index contributed by atoms with van der Waals surface area (Å²) in [6, 6.07) is 121. The maximum absolute atomic E-state index is 12.4. The van der Waals surface area contributed by atoms with Gasteiger partial charge in [0.15, 0.2) is 17.3 Å². The number of pyridine rings is 3. The van der Waals surface area contributed by atoms with Crippen molar-refractivity contribution < 1.29 is 94.4 Å². The quantitative estimate of drug-likeness (QED) is 0.0174. The van der Waals surface area contributed by atoms with Gasteiger partial charge in [-0.3, -0.25) is 14.4 Å². The second-order valence-corrected chi connectivity index (χ2v) is 74.0. The van der Waals surface area contributed by atoms with Gasteiger partial charge in [0.05, 0.1) is 5.76 Å². The van der Waals surface area contributed by atoms with Crippen LogP contribution in [0.15, 0.2) is 355 Å². The van der Waals surface area contributed by atoms with E-state index in [4.69, 9.17) is 19.4 Å². The van der Waals surface area contributed by atoms with Crippen molar-refractivity contribution in [3.63, 3.8) is 0 Å². The Kier molecular flexibility index (Phi) is 43.8. The third kappa shape index (κ3) is 30.5. The molecule has 0 bridgehead atoms. The minimum Gasteiger partial charge on any atom is 0 e. The number of hydrogen-bond acceptors (Lipinski definition) is 10. The first-order chi connectivity index (χ1) is 69.8.